The summed E-state index contributed by atoms with van der Waals surface area (Å²) in [5.41, 5.74) is 7.57. The SMILES string of the molecule is CC(c1ccc(-c2ccc(-c3ccc[nH]3)cc2)cc1)c1cccc2ccccc12. The summed E-state index contributed by atoms with van der Waals surface area (Å²) in [6, 6.07) is 37.1. The highest BCUT2D eigenvalue weighted by Gasteiger charge is 2.12. The molecule has 140 valence electrons. The van der Waals surface area contributed by atoms with Crippen molar-refractivity contribution < 1.29 is 0 Å². The second-order valence-electron chi connectivity index (χ2n) is 7.57. The molecule has 0 amide bonds. The molecule has 1 heteroatoms. The third kappa shape index (κ3) is 3.36. The Morgan fingerprint density at radius 2 is 1.24 bits per heavy atom. The summed E-state index contributed by atoms with van der Waals surface area (Å²) in [5, 5.41) is 2.64. The van der Waals surface area contributed by atoms with Crippen molar-refractivity contribution in [2.75, 3.05) is 0 Å². The van der Waals surface area contributed by atoms with Gasteiger partial charge >= 0.3 is 0 Å². The fourth-order valence-corrected chi connectivity index (χ4v) is 4.12. The fourth-order valence-electron chi connectivity index (χ4n) is 4.12. The minimum atomic E-state index is 0.352. The van der Waals surface area contributed by atoms with Crippen LogP contribution in [0.25, 0.3) is 33.2 Å². The zero-order valence-corrected chi connectivity index (χ0v) is 16.5. The first-order valence-electron chi connectivity index (χ1n) is 10.1. The Labute approximate surface area is 171 Å². The Hall–Kier alpha value is -3.58. The highest BCUT2D eigenvalue weighted by Crippen LogP contribution is 2.32. The molecule has 0 spiro atoms. The third-order valence-corrected chi connectivity index (χ3v) is 5.83. The van der Waals surface area contributed by atoms with Crippen molar-refractivity contribution in [2.24, 2.45) is 0 Å². The molecule has 0 aliphatic carbocycles. The van der Waals surface area contributed by atoms with Gasteiger partial charge < -0.3 is 4.98 Å². The molecule has 0 bridgehead atoms. The molecule has 0 saturated carbocycles. The van der Waals surface area contributed by atoms with Crippen molar-refractivity contribution >= 4 is 10.8 Å². The quantitative estimate of drug-likeness (QED) is 0.333. The van der Waals surface area contributed by atoms with Crippen molar-refractivity contribution in [1.29, 1.82) is 0 Å². The van der Waals surface area contributed by atoms with E-state index >= 15 is 0 Å². The zero-order chi connectivity index (χ0) is 19.6. The zero-order valence-electron chi connectivity index (χ0n) is 16.5. The first-order chi connectivity index (χ1) is 14.3. The molecule has 1 nitrogen and oxygen atoms in total. The lowest BCUT2D eigenvalue weighted by Gasteiger charge is -2.16. The maximum Gasteiger partial charge on any atom is 0.0453 e. The van der Waals surface area contributed by atoms with Crippen LogP contribution in [-0.4, -0.2) is 4.98 Å². The number of H-pyrrole nitrogens is 1. The maximum absolute atomic E-state index is 3.26. The van der Waals surface area contributed by atoms with Gasteiger partial charge in [0.05, 0.1) is 0 Å². The van der Waals surface area contributed by atoms with E-state index in [-0.39, 0.29) is 0 Å². The maximum atomic E-state index is 3.26. The largest absolute Gasteiger partial charge is 0.361 e. The Balaban J connectivity index is 1.42. The van der Waals surface area contributed by atoms with Crippen LogP contribution in [0.5, 0.6) is 0 Å². The van der Waals surface area contributed by atoms with E-state index in [2.05, 4.69) is 109 Å². The van der Waals surface area contributed by atoms with Crippen LogP contribution >= 0.6 is 0 Å². The minimum Gasteiger partial charge on any atom is -0.361 e. The van der Waals surface area contributed by atoms with Crippen molar-refractivity contribution in [3.8, 4) is 22.4 Å². The van der Waals surface area contributed by atoms with Gasteiger partial charge in [-0.1, -0.05) is 97.9 Å². The first-order valence-corrected chi connectivity index (χ1v) is 10.1. The van der Waals surface area contributed by atoms with Gasteiger partial charge in [0.1, 0.15) is 0 Å². The van der Waals surface area contributed by atoms with Crippen molar-refractivity contribution in [3.05, 3.63) is 120 Å². The third-order valence-electron chi connectivity index (χ3n) is 5.83. The summed E-state index contributed by atoms with van der Waals surface area (Å²) in [6.07, 6.45) is 1.96. The number of benzene rings is 4. The van der Waals surface area contributed by atoms with Crippen molar-refractivity contribution in [2.45, 2.75) is 12.8 Å². The second-order valence-corrected chi connectivity index (χ2v) is 7.57. The van der Waals surface area contributed by atoms with Gasteiger partial charge in [-0.15, -0.1) is 0 Å². The molecule has 0 radical (unpaired) electrons. The lowest BCUT2D eigenvalue weighted by Crippen LogP contribution is -1.97. The van der Waals surface area contributed by atoms with Crippen molar-refractivity contribution in [1.82, 2.24) is 4.98 Å². The summed E-state index contributed by atoms with van der Waals surface area (Å²) in [6.45, 7) is 2.29. The Kier molecular flexibility index (Phi) is 4.50. The van der Waals surface area contributed by atoms with E-state index in [1.54, 1.807) is 0 Å². The molecule has 29 heavy (non-hydrogen) atoms. The van der Waals surface area contributed by atoms with Gasteiger partial charge in [0.2, 0.25) is 0 Å². The molecule has 1 atom stereocenters. The molecular formula is C28H23N. The predicted molar refractivity (Wildman–Crippen MR) is 123 cm³/mol. The molecule has 5 rings (SSSR count). The Bertz CT molecular complexity index is 1220. The average Bonchev–Trinajstić information content (AvgIpc) is 3.33. The number of hydrogen-bond acceptors (Lipinski definition) is 0. The predicted octanol–water partition coefficient (Wildman–Crippen LogP) is 7.65. The highest BCUT2D eigenvalue weighted by molar-refractivity contribution is 5.86. The summed E-state index contributed by atoms with van der Waals surface area (Å²) in [7, 11) is 0. The molecule has 1 heterocycles. The molecular weight excluding hydrogens is 350 g/mol. The van der Waals surface area contributed by atoms with E-state index in [1.807, 2.05) is 12.3 Å². The van der Waals surface area contributed by atoms with Crippen LogP contribution in [0.3, 0.4) is 0 Å². The highest BCUT2D eigenvalue weighted by atomic mass is 14.7. The molecule has 1 N–H and O–H groups in total. The van der Waals surface area contributed by atoms with Gasteiger partial charge in [-0.2, -0.15) is 0 Å². The number of hydrogen-bond donors (Lipinski definition) is 1. The number of rotatable bonds is 4. The van der Waals surface area contributed by atoms with E-state index in [9.17, 15) is 0 Å². The smallest absolute Gasteiger partial charge is 0.0453 e. The molecule has 0 saturated heterocycles. The van der Waals surface area contributed by atoms with Gasteiger partial charge in [-0.05, 0) is 50.7 Å². The van der Waals surface area contributed by atoms with E-state index in [0.29, 0.717) is 5.92 Å². The summed E-state index contributed by atoms with van der Waals surface area (Å²) >= 11 is 0. The average molecular weight is 373 g/mol. The van der Waals surface area contributed by atoms with Crippen LogP contribution in [-0.2, 0) is 0 Å². The van der Waals surface area contributed by atoms with Crippen LogP contribution < -0.4 is 0 Å². The lowest BCUT2D eigenvalue weighted by atomic mass is 9.88. The summed E-state index contributed by atoms with van der Waals surface area (Å²) in [4.78, 5) is 3.26. The van der Waals surface area contributed by atoms with Crippen LogP contribution in [0.4, 0.5) is 0 Å². The van der Waals surface area contributed by atoms with Gasteiger partial charge in [-0.3, -0.25) is 0 Å². The molecule has 0 fully saturated rings. The Morgan fingerprint density at radius 1 is 0.586 bits per heavy atom. The molecule has 5 aromatic rings. The standard InChI is InChI=1S/C28H23N/c1-20(26-9-4-7-24-6-2-3-8-27(24)26)21-11-13-22(14-12-21)23-15-17-25(18-16-23)28-10-5-19-29-28/h2-20,29H,1H3. The van der Waals surface area contributed by atoms with Crippen LogP contribution in [0.2, 0.25) is 0 Å². The summed E-state index contributed by atoms with van der Waals surface area (Å²) < 4.78 is 0. The minimum absolute atomic E-state index is 0.352. The fraction of sp³-hybridized carbons (Fsp3) is 0.0714. The second kappa shape index (κ2) is 7.44. The van der Waals surface area contributed by atoms with E-state index in [4.69, 9.17) is 0 Å². The van der Waals surface area contributed by atoms with E-state index in [1.165, 1.54) is 38.6 Å². The van der Waals surface area contributed by atoms with Gasteiger partial charge in [0.15, 0.2) is 0 Å². The number of nitrogens with one attached hydrogen (secondary N) is 1. The van der Waals surface area contributed by atoms with Gasteiger partial charge in [0, 0.05) is 17.8 Å². The molecule has 1 unspecified atom stereocenters. The normalized spacial score (nSPS) is 12.2. The van der Waals surface area contributed by atoms with Crippen LogP contribution in [0.15, 0.2) is 109 Å². The first kappa shape index (κ1) is 17.5. The molecule has 0 aliphatic rings. The van der Waals surface area contributed by atoms with Crippen LogP contribution in [0.1, 0.15) is 24.0 Å². The molecule has 0 aliphatic heterocycles. The van der Waals surface area contributed by atoms with E-state index < -0.39 is 0 Å². The number of aromatic amines is 1. The summed E-state index contributed by atoms with van der Waals surface area (Å²) in [5.74, 6) is 0.352. The molecule has 1 aromatic heterocycles. The Morgan fingerprint density at radius 3 is 1.97 bits per heavy atom. The van der Waals surface area contributed by atoms with Gasteiger partial charge in [-0.25, -0.2) is 0 Å². The van der Waals surface area contributed by atoms with Gasteiger partial charge in [0.25, 0.3) is 0 Å². The lowest BCUT2D eigenvalue weighted by molar-refractivity contribution is 0.933. The number of aromatic nitrogens is 1. The topological polar surface area (TPSA) is 15.8 Å². The number of fused-ring (bicyclic) bond motifs is 1. The molecule has 4 aromatic carbocycles. The van der Waals surface area contributed by atoms with E-state index in [0.717, 1.165) is 5.69 Å². The van der Waals surface area contributed by atoms with Crippen molar-refractivity contribution in [3.63, 3.8) is 0 Å². The van der Waals surface area contributed by atoms with Crippen LogP contribution in [0, 0.1) is 0 Å². The monoisotopic (exact) mass is 373 g/mol.